The van der Waals surface area contributed by atoms with Crippen molar-refractivity contribution in [1.82, 2.24) is 0 Å². The molecule has 0 aromatic rings. The van der Waals surface area contributed by atoms with Crippen molar-refractivity contribution >= 4 is 5.97 Å². The fourth-order valence-corrected chi connectivity index (χ4v) is 0.409. The first-order valence-corrected chi connectivity index (χ1v) is 3.06. The van der Waals surface area contributed by atoms with Crippen LogP contribution in [0.5, 0.6) is 0 Å². The molecule has 3 heteroatoms. The second kappa shape index (κ2) is 6.29. The first kappa shape index (κ1) is 9.17. The Kier molecular flexibility index (Phi) is 5.77. The summed E-state index contributed by atoms with van der Waals surface area (Å²) in [5.74, 6) is -0.248. The minimum atomic E-state index is -0.248. The van der Waals surface area contributed by atoms with Gasteiger partial charge in [-0.25, -0.2) is 0 Å². The second-order valence-electron chi connectivity index (χ2n) is 1.71. The Balaban J connectivity index is 3.16. The van der Waals surface area contributed by atoms with E-state index in [1.54, 1.807) is 7.11 Å². The lowest BCUT2D eigenvalue weighted by Crippen LogP contribution is -2.06. The maximum Gasteiger partial charge on any atom is 0.308 e. The average Bonchev–Trinajstić information content (AvgIpc) is 1.97. The lowest BCUT2D eigenvalue weighted by molar-refractivity contribution is -0.143. The number of carbonyl (C=O) groups excluding carboxylic acids is 1. The van der Waals surface area contributed by atoms with Crippen molar-refractivity contribution in [3.63, 3.8) is 0 Å². The zero-order chi connectivity index (χ0) is 7.82. The molecule has 0 radical (unpaired) electrons. The van der Waals surface area contributed by atoms with E-state index in [-0.39, 0.29) is 12.6 Å². The number of hydrogen-bond donors (Lipinski definition) is 0. The van der Waals surface area contributed by atoms with Crippen LogP contribution >= 0.6 is 0 Å². The molecule has 0 saturated heterocycles. The Labute approximate surface area is 60.6 Å². The summed E-state index contributed by atoms with van der Waals surface area (Å²) in [7, 11) is 1.54. The highest BCUT2D eigenvalue weighted by atomic mass is 16.5. The summed E-state index contributed by atoms with van der Waals surface area (Å²) >= 11 is 0. The summed E-state index contributed by atoms with van der Waals surface area (Å²) in [6.45, 7) is 4.10. The monoisotopic (exact) mass is 144 g/mol. The molecular weight excluding hydrogens is 132 g/mol. The van der Waals surface area contributed by atoms with Crippen molar-refractivity contribution in [3.8, 4) is 0 Å². The van der Waals surface area contributed by atoms with Crippen molar-refractivity contribution in [2.24, 2.45) is 0 Å². The number of ether oxygens (including phenoxy) is 2. The van der Waals surface area contributed by atoms with Gasteiger partial charge in [0.05, 0.1) is 13.0 Å². The minimum Gasteiger partial charge on any atom is -0.461 e. The highest BCUT2D eigenvalue weighted by molar-refractivity contribution is 5.69. The summed E-state index contributed by atoms with van der Waals surface area (Å²) in [6.07, 6.45) is 1.84. The van der Waals surface area contributed by atoms with E-state index in [9.17, 15) is 4.79 Å². The third-order valence-corrected chi connectivity index (χ3v) is 0.872. The van der Waals surface area contributed by atoms with Gasteiger partial charge in [-0.05, 0) is 0 Å². The number of carbonyl (C=O) groups is 1. The van der Waals surface area contributed by atoms with Crippen LogP contribution < -0.4 is 0 Å². The summed E-state index contributed by atoms with van der Waals surface area (Å²) < 4.78 is 9.32. The van der Waals surface area contributed by atoms with Gasteiger partial charge in [-0.1, -0.05) is 12.7 Å². The minimum absolute atomic E-state index is 0.248. The van der Waals surface area contributed by atoms with Gasteiger partial charge in [-0.15, -0.1) is 0 Å². The molecule has 0 spiro atoms. The van der Waals surface area contributed by atoms with Gasteiger partial charge in [0.25, 0.3) is 0 Å². The maximum atomic E-state index is 10.6. The molecule has 0 aromatic heterocycles. The lowest BCUT2D eigenvalue weighted by atomic mass is 10.5. The van der Waals surface area contributed by atoms with Gasteiger partial charge in [-0.2, -0.15) is 0 Å². The van der Waals surface area contributed by atoms with Crippen molar-refractivity contribution in [3.05, 3.63) is 12.7 Å². The van der Waals surface area contributed by atoms with Gasteiger partial charge in [0.1, 0.15) is 6.61 Å². The van der Waals surface area contributed by atoms with Crippen LogP contribution in [0.15, 0.2) is 12.7 Å². The van der Waals surface area contributed by atoms with E-state index in [1.165, 1.54) is 6.08 Å². The fraction of sp³-hybridized carbons (Fsp3) is 0.571. The molecule has 0 aromatic carbocycles. The lowest BCUT2D eigenvalue weighted by Gasteiger charge is -1.99. The highest BCUT2D eigenvalue weighted by Crippen LogP contribution is 1.86. The van der Waals surface area contributed by atoms with Crippen LogP contribution in [0.3, 0.4) is 0 Å². The van der Waals surface area contributed by atoms with E-state index >= 15 is 0 Å². The Hall–Kier alpha value is -0.830. The molecule has 0 amide bonds. The van der Waals surface area contributed by atoms with Crippen molar-refractivity contribution in [2.75, 3.05) is 20.3 Å². The Bertz CT molecular complexity index is 109. The molecule has 0 aliphatic carbocycles. The summed E-state index contributed by atoms with van der Waals surface area (Å²) in [5.41, 5.74) is 0. The van der Waals surface area contributed by atoms with E-state index in [4.69, 9.17) is 0 Å². The molecule has 0 heterocycles. The largest absolute Gasteiger partial charge is 0.461 e. The average molecular weight is 144 g/mol. The van der Waals surface area contributed by atoms with E-state index < -0.39 is 0 Å². The molecule has 3 nitrogen and oxygen atoms in total. The van der Waals surface area contributed by atoms with Crippen LogP contribution in [-0.2, 0) is 14.3 Å². The zero-order valence-electron chi connectivity index (χ0n) is 6.13. The van der Waals surface area contributed by atoms with Gasteiger partial charge in [-0.3, -0.25) is 4.79 Å². The molecule has 0 unspecified atom stereocenters. The molecule has 10 heavy (non-hydrogen) atoms. The Morgan fingerprint density at radius 3 is 2.90 bits per heavy atom. The molecule has 0 N–H and O–H groups in total. The van der Waals surface area contributed by atoms with Crippen molar-refractivity contribution in [2.45, 2.75) is 6.42 Å². The number of esters is 1. The molecule has 0 aliphatic rings. The molecular formula is C7H12O3. The van der Waals surface area contributed by atoms with Crippen LogP contribution in [0.2, 0.25) is 0 Å². The van der Waals surface area contributed by atoms with Gasteiger partial charge in [0, 0.05) is 7.11 Å². The third kappa shape index (κ3) is 5.31. The standard InChI is InChI=1S/C7H12O3/c1-3-5-10-7(8)4-6-9-2/h3H,1,4-6H2,2H3. The predicted molar refractivity (Wildman–Crippen MR) is 37.6 cm³/mol. The molecule has 0 fully saturated rings. The van der Waals surface area contributed by atoms with Crippen molar-refractivity contribution < 1.29 is 14.3 Å². The first-order chi connectivity index (χ1) is 4.81. The van der Waals surface area contributed by atoms with E-state index in [1.807, 2.05) is 0 Å². The molecule has 0 saturated carbocycles. The van der Waals surface area contributed by atoms with Crippen LogP contribution in [0, 0.1) is 0 Å². The quantitative estimate of drug-likeness (QED) is 0.422. The summed E-state index contributed by atoms with van der Waals surface area (Å²) in [4.78, 5) is 10.6. The normalized spacial score (nSPS) is 8.90. The molecule has 0 atom stereocenters. The predicted octanol–water partition coefficient (Wildman–Crippen LogP) is 0.752. The zero-order valence-corrected chi connectivity index (χ0v) is 6.13. The topological polar surface area (TPSA) is 35.5 Å². The van der Waals surface area contributed by atoms with Gasteiger partial charge < -0.3 is 9.47 Å². The fourth-order valence-electron chi connectivity index (χ4n) is 0.409. The van der Waals surface area contributed by atoms with E-state index in [0.29, 0.717) is 13.0 Å². The Morgan fingerprint density at radius 2 is 2.40 bits per heavy atom. The van der Waals surface area contributed by atoms with Gasteiger partial charge in [0.2, 0.25) is 0 Å². The SMILES string of the molecule is C=CCOC(=O)CCOC. The van der Waals surface area contributed by atoms with Crippen molar-refractivity contribution in [1.29, 1.82) is 0 Å². The molecule has 0 bridgehead atoms. The maximum absolute atomic E-state index is 10.6. The highest BCUT2D eigenvalue weighted by Gasteiger charge is 1.98. The summed E-state index contributed by atoms with van der Waals surface area (Å²) in [5, 5.41) is 0. The number of methoxy groups -OCH3 is 1. The van der Waals surface area contributed by atoms with Gasteiger partial charge in [0.15, 0.2) is 0 Å². The molecule has 0 rings (SSSR count). The van der Waals surface area contributed by atoms with Crippen LogP contribution in [0.1, 0.15) is 6.42 Å². The number of hydrogen-bond acceptors (Lipinski definition) is 3. The summed E-state index contributed by atoms with van der Waals surface area (Å²) in [6, 6.07) is 0. The molecule has 0 aliphatic heterocycles. The van der Waals surface area contributed by atoms with E-state index in [0.717, 1.165) is 0 Å². The van der Waals surface area contributed by atoms with Crippen LogP contribution in [-0.4, -0.2) is 26.3 Å². The first-order valence-electron chi connectivity index (χ1n) is 3.06. The molecule has 58 valence electrons. The number of rotatable bonds is 5. The van der Waals surface area contributed by atoms with E-state index in [2.05, 4.69) is 16.1 Å². The smallest absolute Gasteiger partial charge is 0.308 e. The third-order valence-electron chi connectivity index (χ3n) is 0.872. The second-order valence-corrected chi connectivity index (χ2v) is 1.71. The van der Waals surface area contributed by atoms with Crippen LogP contribution in [0.25, 0.3) is 0 Å². The van der Waals surface area contributed by atoms with Crippen LogP contribution in [0.4, 0.5) is 0 Å². The van der Waals surface area contributed by atoms with Gasteiger partial charge >= 0.3 is 5.97 Å². The Morgan fingerprint density at radius 1 is 1.70 bits per heavy atom.